The Morgan fingerprint density at radius 1 is 1.36 bits per heavy atom. The maximum Gasteiger partial charge on any atom is 0.222 e. The molecular weight excluding hydrogens is 280 g/mol. The quantitative estimate of drug-likeness (QED) is 0.684. The molecule has 2 aromatic heterocycles. The number of hydrogen-bond acceptors (Lipinski definition) is 7. The summed E-state index contributed by atoms with van der Waals surface area (Å²) in [5.41, 5.74) is 7.93. The largest absolute Gasteiger partial charge is 0.492 e. The van der Waals surface area contributed by atoms with Gasteiger partial charge in [-0.25, -0.2) is 4.98 Å². The van der Waals surface area contributed by atoms with Crippen LogP contribution in [-0.2, 0) is 13.0 Å². The molecule has 0 saturated carbocycles. The van der Waals surface area contributed by atoms with Gasteiger partial charge in [0.1, 0.15) is 11.6 Å². The van der Waals surface area contributed by atoms with Crippen molar-refractivity contribution >= 4 is 11.8 Å². The van der Waals surface area contributed by atoms with Crippen LogP contribution in [0.25, 0.3) is 0 Å². The third kappa shape index (κ3) is 3.62. The highest BCUT2D eigenvalue weighted by Gasteiger charge is 2.16. The second kappa shape index (κ2) is 7.04. The van der Waals surface area contributed by atoms with Crippen molar-refractivity contribution in [1.29, 1.82) is 0 Å². The number of ether oxygens (including phenoxy) is 1. The maximum atomic E-state index is 5.77. The standard InChI is InChI=1S/C15H20N6O/c16-15-20-13-10-18-7-4-12(13)14(21-15)19-6-2-8-22-11-3-1-5-17-9-11/h1,3,5,9,18H,2,4,6-8,10H2,(H3,16,19,20,21). The van der Waals surface area contributed by atoms with Gasteiger partial charge in [0, 0.05) is 24.8 Å². The number of nitrogens with one attached hydrogen (secondary N) is 2. The second-order valence-corrected chi connectivity index (χ2v) is 5.10. The Morgan fingerprint density at radius 2 is 2.32 bits per heavy atom. The first kappa shape index (κ1) is 14.5. The van der Waals surface area contributed by atoms with Gasteiger partial charge in [0.05, 0.1) is 18.5 Å². The summed E-state index contributed by atoms with van der Waals surface area (Å²) in [7, 11) is 0. The molecule has 116 valence electrons. The number of fused-ring (bicyclic) bond motifs is 1. The van der Waals surface area contributed by atoms with E-state index in [4.69, 9.17) is 10.5 Å². The summed E-state index contributed by atoms with van der Waals surface area (Å²) in [6.45, 7) is 3.10. The van der Waals surface area contributed by atoms with Gasteiger partial charge in [0.2, 0.25) is 5.95 Å². The molecule has 0 bridgehead atoms. The van der Waals surface area contributed by atoms with Crippen LogP contribution in [0.2, 0.25) is 0 Å². The van der Waals surface area contributed by atoms with Crippen LogP contribution >= 0.6 is 0 Å². The van der Waals surface area contributed by atoms with Crippen molar-refractivity contribution in [3.8, 4) is 5.75 Å². The molecule has 0 amide bonds. The number of hydrogen-bond donors (Lipinski definition) is 3. The molecule has 3 heterocycles. The number of pyridine rings is 1. The summed E-state index contributed by atoms with van der Waals surface area (Å²) >= 11 is 0. The molecule has 0 spiro atoms. The van der Waals surface area contributed by atoms with E-state index >= 15 is 0 Å². The zero-order valence-corrected chi connectivity index (χ0v) is 12.4. The predicted octanol–water partition coefficient (Wildman–Crippen LogP) is 0.980. The molecule has 2 aromatic rings. The van der Waals surface area contributed by atoms with Crippen LogP contribution in [-0.4, -0.2) is 34.6 Å². The molecule has 0 aliphatic carbocycles. The monoisotopic (exact) mass is 300 g/mol. The highest BCUT2D eigenvalue weighted by Crippen LogP contribution is 2.20. The molecule has 7 nitrogen and oxygen atoms in total. The lowest BCUT2D eigenvalue weighted by atomic mass is 10.1. The SMILES string of the molecule is Nc1nc2c(c(NCCCOc3cccnc3)n1)CCNC2. The van der Waals surface area contributed by atoms with E-state index in [0.29, 0.717) is 12.6 Å². The predicted molar refractivity (Wildman–Crippen MR) is 84.7 cm³/mol. The molecule has 1 aliphatic rings. The van der Waals surface area contributed by atoms with E-state index in [1.54, 1.807) is 12.4 Å². The lowest BCUT2D eigenvalue weighted by Gasteiger charge is -2.19. The Labute approximate surface area is 129 Å². The molecule has 0 unspecified atom stereocenters. The summed E-state index contributed by atoms with van der Waals surface area (Å²) in [4.78, 5) is 12.6. The van der Waals surface area contributed by atoms with Crippen LogP contribution in [0.1, 0.15) is 17.7 Å². The zero-order chi connectivity index (χ0) is 15.2. The van der Waals surface area contributed by atoms with E-state index in [9.17, 15) is 0 Å². The summed E-state index contributed by atoms with van der Waals surface area (Å²) in [5, 5.41) is 6.64. The molecule has 3 rings (SSSR count). The fraction of sp³-hybridized carbons (Fsp3) is 0.400. The molecule has 0 fully saturated rings. The van der Waals surface area contributed by atoms with E-state index in [-0.39, 0.29) is 0 Å². The number of rotatable bonds is 6. The van der Waals surface area contributed by atoms with Crippen molar-refractivity contribution in [3.05, 3.63) is 35.8 Å². The van der Waals surface area contributed by atoms with Gasteiger partial charge in [-0.15, -0.1) is 0 Å². The average molecular weight is 300 g/mol. The fourth-order valence-corrected chi connectivity index (χ4v) is 2.43. The molecule has 0 atom stereocenters. The highest BCUT2D eigenvalue weighted by atomic mass is 16.5. The van der Waals surface area contributed by atoms with Gasteiger partial charge in [-0.3, -0.25) is 4.98 Å². The molecule has 7 heteroatoms. The van der Waals surface area contributed by atoms with Crippen molar-refractivity contribution in [2.45, 2.75) is 19.4 Å². The van der Waals surface area contributed by atoms with Gasteiger partial charge in [-0.05, 0) is 31.5 Å². The van der Waals surface area contributed by atoms with E-state index in [0.717, 1.165) is 49.7 Å². The van der Waals surface area contributed by atoms with Gasteiger partial charge in [-0.2, -0.15) is 4.98 Å². The fourth-order valence-electron chi connectivity index (χ4n) is 2.43. The Balaban J connectivity index is 1.50. The van der Waals surface area contributed by atoms with Gasteiger partial charge in [0.25, 0.3) is 0 Å². The minimum absolute atomic E-state index is 0.316. The van der Waals surface area contributed by atoms with Crippen molar-refractivity contribution in [2.24, 2.45) is 0 Å². The van der Waals surface area contributed by atoms with Crippen molar-refractivity contribution in [3.63, 3.8) is 0 Å². The first-order chi connectivity index (χ1) is 10.8. The van der Waals surface area contributed by atoms with Crippen LogP contribution < -0.4 is 21.1 Å². The Kier molecular flexibility index (Phi) is 4.65. The second-order valence-electron chi connectivity index (χ2n) is 5.10. The van der Waals surface area contributed by atoms with Gasteiger partial charge in [0.15, 0.2) is 0 Å². The number of aromatic nitrogens is 3. The van der Waals surface area contributed by atoms with Crippen LogP contribution in [0, 0.1) is 0 Å². The van der Waals surface area contributed by atoms with Crippen LogP contribution in [0.15, 0.2) is 24.5 Å². The van der Waals surface area contributed by atoms with Gasteiger partial charge in [-0.1, -0.05) is 0 Å². The van der Waals surface area contributed by atoms with Crippen molar-refractivity contribution in [1.82, 2.24) is 20.3 Å². The molecule has 22 heavy (non-hydrogen) atoms. The molecule has 1 aliphatic heterocycles. The van der Waals surface area contributed by atoms with Gasteiger partial charge >= 0.3 is 0 Å². The minimum Gasteiger partial charge on any atom is -0.492 e. The summed E-state index contributed by atoms with van der Waals surface area (Å²) < 4.78 is 5.61. The Morgan fingerprint density at radius 3 is 3.18 bits per heavy atom. The maximum absolute atomic E-state index is 5.77. The van der Waals surface area contributed by atoms with E-state index < -0.39 is 0 Å². The lowest BCUT2D eigenvalue weighted by Crippen LogP contribution is -2.27. The summed E-state index contributed by atoms with van der Waals surface area (Å²) in [6, 6.07) is 3.76. The lowest BCUT2D eigenvalue weighted by molar-refractivity contribution is 0.313. The summed E-state index contributed by atoms with van der Waals surface area (Å²) in [5.74, 6) is 1.96. The normalized spacial score (nSPS) is 13.5. The first-order valence-corrected chi connectivity index (χ1v) is 7.45. The van der Waals surface area contributed by atoms with Crippen molar-refractivity contribution in [2.75, 3.05) is 30.7 Å². The highest BCUT2D eigenvalue weighted by molar-refractivity contribution is 5.50. The number of anilines is 2. The molecule has 0 radical (unpaired) electrons. The topological polar surface area (TPSA) is 98.0 Å². The minimum atomic E-state index is 0.316. The van der Waals surface area contributed by atoms with Crippen LogP contribution in [0.3, 0.4) is 0 Å². The smallest absolute Gasteiger partial charge is 0.222 e. The molecule has 4 N–H and O–H groups in total. The van der Waals surface area contributed by atoms with Crippen LogP contribution in [0.5, 0.6) is 5.75 Å². The number of nitrogens with zero attached hydrogens (tertiary/aromatic N) is 3. The van der Waals surface area contributed by atoms with Crippen LogP contribution in [0.4, 0.5) is 11.8 Å². The first-order valence-electron chi connectivity index (χ1n) is 7.45. The molecule has 0 saturated heterocycles. The third-order valence-corrected chi connectivity index (χ3v) is 3.47. The van der Waals surface area contributed by atoms with E-state index in [1.807, 2.05) is 12.1 Å². The van der Waals surface area contributed by atoms with E-state index in [2.05, 4.69) is 25.6 Å². The average Bonchev–Trinajstić information content (AvgIpc) is 2.55. The Hall–Kier alpha value is -2.41. The number of nitrogens with two attached hydrogens (primary N) is 1. The Bertz CT molecular complexity index is 619. The summed E-state index contributed by atoms with van der Waals surface area (Å²) in [6.07, 6.45) is 5.23. The van der Waals surface area contributed by atoms with Crippen molar-refractivity contribution < 1.29 is 4.74 Å². The third-order valence-electron chi connectivity index (χ3n) is 3.47. The zero-order valence-electron chi connectivity index (χ0n) is 12.4. The molecule has 0 aromatic carbocycles. The van der Waals surface area contributed by atoms with Gasteiger partial charge < -0.3 is 21.1 Å². The molecular formula is C15H20N6O. The van der Waals surface area contributed by atoms with E-state index in [1.165, 1.54) is 5.56 Å². The number of nitrogen functional groups attached to an aromatic ring is 1.